The molecule has 2 aliphatic rings. The van der Waals surface area contributed by atoms with Gasteiger partial charge in [-0.2, -0.15) is 0 Å². The second-order valence-corrected chi connectivity index (χ2v) is 8.48. The van der Waals surface area contributed by atoms with E-state index in [-0.39, 0.29) is 11.9 Å². The molecule has 2 N–H and O–H groups in total. The Kier molecular flexibility index (Phi) is 5.28. The van der Waals surface area contributed by atoms with Crippen LogP contribution >= 0.6 is 11.6 Å². The van der Waals surface area contributed by atoms with E-state index in [4.69, 9.17) is 16.6 Å². The van der Waals surface area contributed by atoms with Crippen LogP contribution in [0.5, 0.6) is 0 Å². The summed E-state index contributed by atoms with van der Waals surface area (Å²) in [4.78, 5) is 31.9. The summed E-state index contributed by atoms with van der Waals surface area (Å²) >= 11 is 6.14. The molecule has 2 aromatic rings. The van der Waals surface area contributed by atoms with Crippen LogP contribution in [-0.2, 0) is 4.79 Å². The number of hydrogen-bond donors (Lipinski definition) is 2. The van der Waals surface area contributed by atoms with Crippen molar-refractivity contribution in [2.24, 2.45) is 4.99 Å². The van der Waals surface area contributed by atoms with Crippen LogP contribution in [0.3, 0.4) is 0 Å². The highest BCUT2D eigenvalue weighted by atomic mass is 35.5. The van der Waals surface area contributed by atoms with Crippen LogP contribution in [0.25, 0.3) is 0 Å². The predicted molar refractivity (Wildman–Crippen MR) is 119 cm³/mol. The van der Waals surface area contributed by atoms with E-state index in [0.717, 1.165) is 16.7 Å². The maximum absolute atomic E-state index is 12.7. The maximum atomic E-state index is 12.7. The van der Waals surface area contributed by atoms with Gasteiger partial charge >= 0.3 is 6.03 Å². The first-order valence-corrected chi connectivity index (χ1v) is 10.5. The van der Waals surface area contributed by atoms with Crippen molar-refractivity contribution >= 4 is 34.9 Å². The number of rotatable bonds is 2. The number of aryl methyl sites for hydroxylation is 2. The van der Waals surface area contributed by atoms with Crippen LogP contribution in [0.1, 0.15) is 35.1 Å². The molecular formula is C23H25ClN4O2. The van der Waals surface area contributed by atoms with Crippen molar-refractivity contribution in [3.8, 4) is 0 Å². The van der Waals surface area contributed by atoms with Crippen molar-refractivity contribution in [1.82, 2.24) is 10.2 Å². The number of amides is 3. The molecule has 0 aromatic heterocycles. The standard InChI is InChI=1S/C23H25ClN4O2/c1-14-7-8-17(13-15(14)2)20-21(29)27-23(26-20)9-11-28(12-10-23)22(30)25-19-6-4-5-18(24)16(19)3/h4-8,13H,9-12H2,1-3H3,(H,25,30)(H,27,29). The fourth-order valence-corrected chi connectivity index (χ4v) is 4.08. The Hall–Kier alpha value is -2.86. The van der Waals surface area contributed by atoms with Crippen LogP contribution < -0.4 is 10.6 Å². The van der Waals surface area contributed by atoms with Crippen LogP contribution in [0, 0.1) is 20.8 Å². The molecule has 0 bridgehead atoms. The largest absolute Gasteiger partial charge is 0.326 e. The summed E-state index contributed by atoms with van der Waals surface area (Å²) in [6.07, 6.45) is 1.16. The average Bonchev–Trinajstić information content (AvgIpc) is 3.03. The summed E-state index contributed by atoms with van der Waals surface area (Å²) in [6.45, 7) is 6.97. The molecule has 4 rings (SSSR count). The third kappa shape index (κ3) is 3.79. The zero-order valence-corrected chi connectivity index (χ0v) is 18.1. The number of hydrogen-bond acceptors (Lipinski definition) is 3. The van der Waals surface area contributed by atoms with Gasteiger partial charge in [0.1, 0.15) is 11.4 Å². The summed E-state index contributed by atoms with van der Waals surface area (Å²) in [5.74, 6) is -0.147. The third-order valence-electron chi connectivity index (χ3n) is 6.05. The number of piperidine rings is 1. The molecule has 0 aliphatic carbocycles. The van der Waals surface area contributed by atoms with E-state index in [1.54, 1.807) is 11.0 Å². The van der Waals surface area contributed by atoms with Gasteiger partial charge < -0.3 is 15.5 Å². The Morgan fingerprint density at radius 1 is 1.13 bits per heavy atom. The minimum Gasteiger partial charge on any atom is -0.326 e. The zero-order valence-electron chi connectivity index (χ0n) is 17.4. The van der Waals surface area contributed by atoms with Crippen molar-refractivity contribution in [3.63, 3.8) is 0 Å². The molecule has 1 spiro atoms. The van der Waals surface area contributed by atoms with Gasteiger partial charge in [-0.15, -0.1) is 0 Å². The first-order chi connectivity index (χ1) is 14.3. The summed E-state index contributed by atoms with van der Waals surface area (Å²) in [5, 5.41) is 6.61. The topological polar surface area (TPSA) is 73.8 Å². The molecule has 2 heterocycles. The Morgan fingerprint density at radius 2 is 1.87 bits per heavy atom. The number of urea groups is 1. The van der Waals surface area contributed by atoms with Crippen molar-refractivity contribution in [1.29, 1.82) is 0 Å². The van der Waals surface area contributed by atoms with Gasteiger partial charge in [0.05, 0.1) is 0 Å². The van der Waals surface area contributed by atoms with E-state index in [2.05, 4.69) is 10.6 Å². The third-order valence-corrected chi connectivity index (χ3v) is 6.46. The van der Waals surface area contributed by atoms with E-state index in [9.17, 15) is 9.59 Å². The van der Waals surface area contributed by atoms with Crippen LogP contribution in [-0.4, -0.2) is 41.3 Å². The van der Waals surface area contributed by atoms with Gasteiger partial charge in [-0.1, -0.05) is 29.8 Å². The van der Waals surface area contributed by atoms with Crippen LogP contribution in [0.4, 0.5) is 10.5 Å². The number of nitrogens with one attached hydrogen (secondary N) is 2. The molecule has 30 heavy (non-hydrogen) atoms. The summed E-state index contributed by atoms with van der Waals surface area (Å²) < 4.78 is 0. The smallest absolute Gasteiger partial charge is 0.321 e. The lowest BCUT2D eigenvalue weighted by atomic mass is 9.98. The summed E-state index contributed by atoms with van der Waals surface area (Å²) in [5.41, 5.74) is 4.54. The van der Waals surface area contributed by atoms with Gasteiger partial charge in [0.15, 0.2) is 0 Å². The molecule has 2 aliphatic heterocycles. The average molecular weight is 425 g/mol. The number of anilines is 1. The number of halogens is 1. The summed E-state index contributed by atoms with van der Waals surface area (Å²) in [6, 6.07) is 11.2. The zero-order chi connectivity index (χ0) is 21.5. The monoisotopic (exact) mass is 424 g/mol. The minimum absolute atomic E-state index is 0.147. The molecule has 0 radical (unpaired) electrons. The highest BCUT2D eigenvalue weighted by molar-refractivity contribution is 6.46. The van der Waals surface area contributed by atoms with Crippen molar-refractivity contribution < 1.29 is 9.59 Å². The summed E-state index contributed by atoms with van der Waals surface area (Å²) in [7, 11) is 0. The van der Waals surface area contributed by atoms with E-state index >= 15 is 0 Å². The predicted octanol–water partition coefficient (Wildman–Crippen LogP) is 4.21. The molecule has 2 aromatic carbocycles. The molecule has 3 amide bonds. The highest BCUT2D eigenvalue weighted by Crippen LogP contribution is 2.30. The fourth-order valence-electron chi connectivity index (χ4n) is 3.90. The van der Waals surface area contributed by atoms with Crippen molar-refractivity contribution in [3.05, 3.63) is 63.7 Å². The van der Waals surface area contributed by atoms with Gasteiger partial charge in [0, 0.05) is 42.2 Å². The lowest BCUT2D eigenvalue weighted by Crippen LogP contribution is -2.53. The van der Waals surface area contributed by atoms with E-state index in [0.29, 0.717) is 42.4 Å². The Bertz CT molecular complexity index is 1060. The molecule has 0 saturated carbocycles. The number of nitrogens with zero attached hydrogens (tertiary/aromatic N) is 2. The molecule has 1 saturated heterocycles. The maximum Gasteiger partial charge on any atom is 0.321 e. The normalized spacial score (nSPS) is 17.7. The van der Waals surface area contributed by atoms with Crippen LogP contribution in [0.15, 0.2) is 41.4 Å². The van der Waals surface area contributed by atoms with Gasteiger partial charge in [-0.3, -0.25) is 9.79 Å². The molecule has 1 fully saturated rings. The van der Waals surface area contributed by atoms with Gasteiger partial charge in [0.2, 0.25) is 0 Å². The van der Waals surface area contributed by atoms with E-state index in [1.807, 2.05) is 51.1 Å². The van der Waals surface area contributed by atoms with E-state index < -0.39 is 5.66 Å². The Balaban J connectivity index is 1.45. The van der Waals surface area contributed by atoms with Gasteiger partial charge in [-0.25, -0.2) is 4.79 Å². The molecule has 0 unspecified atom stereocenters. The fraction of sp³-hybridized carbons (Fsp3) is 0.348. The number of aliphatic imine (C=N–C) groups is 1. The van der Waals surface area contributed by atoms with Crippen molar-refractivity contribution in [2.75, 3.05) is 18.4 Å². The second kappa shape index (κ2) is 7.76. The Morgan fingerprint density at radius 3 is 2.57 bits per heavy atom. The SMILES string of the molecule is Cc1ccc(C2=NC3(CCN(C(=O)Nc4cccc(Cl)c4C)CC3)NC2=O)cc1C. The minimum atomic E-state index is -0.631. The molecule has 156 valence electrons. The van der Waals surface area contributed by atoms with Gasteiger partial charge in [-0.05, 0) is 55.7 Å². The molecule has 0 atom stereocenters. The number of likely N-dealkylation sites (tertiary alicyclic amines) is 1. The Labute approximate surface area is 181 Å². The molecule has 6 nitrogen and oxygen atoms in total. The first kappa shape index (κ1) is 20.4. The number of carbonyl (C=O) groups is 2. The second-order valence-electron chi connectivity index (χ2n) is 8.07. The highest BCUT2D eigenvalue weighted by Gasteiger charge is 2.43. The lowest BCUT2D eigenvalue weighted by Gasteiger charge is -2.37. The van der Waals surface area contributed by atoms with Gasteiger partial charge in [0.25, 0.3) is 5.91 Å². The molecule has 7 heteroatoms. The lowest BCUT2D eigenvalue weighted by molar-refractivity contribution is -0.115. The first-order valence-electron chi connectivity index (χ1n) is 10.1. The van der Waals surface area contributed by atoms with Crippen molar-refractivity contribution in [2.45, 2.75) is 39.3 Å². The van der Waals surface area contributed by atoms with E-state index in [1.165, 1.54) is 5.56 Å². The van der Waals surface area contributed by atoms with Crippen LogP contribution in [0.2, 0.25) is 5.02 Å². The quantitative estimate of drug-likeness (QED) is 0.757. The molecular weight excluding hydrogens is 400 g/mol. The number of benzene rings is 2. The number of carbonyl (C=O) groups excluding carboxylic acids is 2.